The van der Waals surface area contributed by atoms with Crippen molar-refractivity contribution in [2.45, 2.75) is 12.5 Å². The van der Waals surface area contributed by atoms with Crippen LogP contribution in [0.1, 0.15) is 5.56 Å². The van der Waals surface area contributed by atoms with E-state index >= 15 is 0 Å². The summed E-state index contributed by atoms with van der Waals surface area (Å²) in [4.78, 5) is 13.8. The number of hydrogen-bond donors (Lipinski definition) is 2. The lowest BCUT2D eigenvalue weighted by molar-refractivity contribution is -0.112. The second-order valence-electron chi connectivity index (χ2n) is 3.62. The van der Waals surface area contributed by atoms with Gasteiger partial charge in [-0.2, -0.15) is 0 Å². The number of aromatic nitrogens is 1. The van der Waals surface area contributed by atoms with E-state index in [1.54, 1.807) is 12.3 Å². The molecule has 92 valence electrons. The zero-order valence-electron chi connectivity index (χ0n) is 8.74. The third-order valence-corrected chi connectivity index (χ3v) is 2.74. The average Bonchev–Trinajstić information content (AvgIpc) is 2.61. The molecule has 3 N–H and O–H groups in total. The van der Waals surface area contributed by atoms with Gasteiger partial charge in [-0.25, -0.2) is 4.39 Å². The van der Waals surface area contributed by atoms with Crippen LogP contribution in [0.2, 0.25) is 0 Å². The Hall–Kier alpha value is -1.10. The van der Waals surface area contributed by atoms with Crippen LogP contribution in [0.3, 0.4) is 0 Å². The molecule has 6 heteroatoms. The fourth-order valence-electron chi connectivity index (χ4n) is 1.64. The highest BCUT2D eigenvalue weighted by atomic mass is 35.5. The zero-order chi connectivity index (χ0) is 11.7. The molecule has 0 radical (unpaired) electrons. The number of halogens is 3. The molecule has 0 saturated carbocycles. The predicted molar refractivity (Wildman–Crippen MR) is 68.0 cm³/mol. The summed E-state index contributed by atoms with van der Waals surface area (Å²) < 4.78 is 13.1. The predicted octanol–water partition coefficient (Wildman–Crippen LogP) is 2.36. The first kappa shape index (κ1) is 14.0. The summed E-state index contributed by atoms with van der Waals surface area (Å²) in [7, 11) is 0. The van der Waals surface area contributed by atoms with Crippen LogP contribution in [0.5, 0.6) is 0 Å². The number of nitrogens with two attached hydrogens (primary N) is 1. The Morgan fingerprint density at radius 3 is 2.88 bits per heavy atom. The standard InChI is InChI=1S/C11H10ClFN2O.ClH/c12-11(16)9(14)3-6-5-15-10-2-1-7(13)4-8(6)10;/h1-2,4-5,9,15H,3,14H2;1H. The van der Waals surface area contributed by atoms with Crippen molar-refractivity contribution >= 4 is 40.2 Å². The van der Waals surface area contributed by atoms with Crippen LogP contribution in [-0.4, -0.2) is 16.3 Å². The van der Waals surface area contributed by atoms with Crippen LogP contribution >= 0.6 is 24.0 Å². The monoisotopic (exact) mass is 276 g/mol. The minimum Gasteiger partial charge on any atom is -0.361 e. The van der Waals surface area contributed by atoms with Gasteiger partial charge in [0.25, 0.3) is 0 Å². The number of nitrogens with one attached hydrogen (secondary N) is 1. The number of carbonyl (C=O) groups excluding carboxylic acids is 1. The third kappa shape index (κ3) is 2.97. The van der Waals surface area contributed by atoms with Crippen molar-refractivity contribution in [3.63, 3.8) is 0 Å². The fraction of sp³-hybridized carbons (Fsp3) is 0.182. The molecule has 1 heterocycles. The Labute approximate surface area is 109 Å². The molecule has 1 atom stereocenters. The van der Waals surface area contributed by atoms with Crippen LogP contribution in [0.4, 0.5) is 4.39 Å². The van der Waals surface area contributed by atoms with Gasteiger partial charge in [0.1, 0.15) is 5.82 Å². The molecule has 17 heavy (non-hydrogen) atoms. The van der Waals surface area contributed by atoms with E-state index in [2.05, 4.69) is 4.98 Å². The summed E-state index contributed by atoms with van der Waals surface area (Å²) in [5, 5.41) is 0.138. The molecule has 0 saturated heterocycles. The maximum absolute atomic E-state index is 13.1. The van der Waals surface area contributed by atoms with E-state index < -0.39 is 11.3 Å². The molecule has 0 aliphatic rings. The van der Waals surface area contributed by atoms with Gasteiger partial charge in [0.2, 0.25) is 5.24 Å². The van der Waals surface area contributed by atoms with Gasteiger partial charge in [-0.15, -0.1) is 12.4 Å². The molecule has 2 rings (SSSR count). The number of benzene rings is 1. The smallest absolute Gasteiger partial charge is 0.238 e. The summed E-state index contributed by atoms with van der Waals surface area (Å²) in [5.74, 6) is -0.320. The molecule has 0 spiro atoms. The zero-order valence-corrected chi connectivity index (χ0v) is 10.3. The first-order chi connectivity index (χ1) is 7.58. The molecule has 1 aromatic heterocycles. The number of hydrogen-bond acceptors (Lipinski definition) is 2. The van der Waals surface area contributed by atoms with Crippen molar-refractivity contribution in [3.8, 4) is 0 Å². The minimum atomic E-state index is -0.760. The lowest BCUT2D eigenvalue weighted by Crippen LogP contribution is -2.29. The Morgan fingerprint density at radius 2 is 2.24 bits per heavy atom. The molecule has 3 nitrogen and oxygen atoms in total. The first-order valence-electron chi connectivity index (χ1n) is 4.78. The number of fused-ring (bicyclic) bond motifs is 1. The van der Waals surface area contributed by atoms with Gasteiger partial charge in [0.15, 0.2) is 0 Å². The van der Waals surface area contributed by atoms with E-state index in [0.717, 1.165) is 16.5 Å². The maximum Gasteiger partial charge on any atom is 0.238 e. The molecule has 0 aliphatic carbocycles. The topological polar surface area (TPSA) is 58.9 Å². The van der Waals surface area contributed by atoms with Crippen LogP contribution in [0.15, 0.2) is 24.4 Å². The quantitative estimate of drug-likeness (QED) is 0.846. The van der Waals surface area contributed by atoms with Crippen molar-refractivity contribution in [3.05, 3.63) is 35.8 Å². The fourth-order valence-corrected chi connectivity index (χ4v) is 1.71. The van der Waals surface area contributed by atoms with E-state index in [1.165, 1.54) is 12.1 Å². The molecule has 0 bridgehead atoms. The van der Waals surface area contributed by atoms with Crippen LogP contribution in [0.25, 0.3) is 10.9 Å². The van der Waals surface area contributed by atoms with Gasteiger partial charge in [-0.1, -0.05) is 0 Å². The molecule has 0 amide bonds. The molecule has 1 aromatic carbocycles. The molecule has 2 aromatic rings. The van der Waals surface area contributed by atoms with Crippen LogP contribution in [-0.2, 0) is 11.2 Å². The SMILES string of the molecule is Cl.NC(Cc1c[nH]c2ccc(F)cc12)C(=O)Cl. The maximum atomic E-state index is 13.1. The second-order valence-corrected chi connectivity index (χ2v) is 3.99. The van der Waals surface area contributed by atoms with Gasteiger partial charge < -0.3 is 10.7 Å². The highest BCUT2D eigenvalue weighted by molar-refractivity contribution is 6.64. The molecular weight excluding hydrogens is 266 g/mol. The Bertz CT molecular complexity index is 541. The largest absolute Gasteiger partial charge is 0.361 e. The molecule has 0 aliphatic heterocycles. The Kier molecular flexibility index (Phi) is 4.51. The third-order valence-electron chi connectivity index (χ3n) is 2.46. The van der Waals surface area contributed by atoms with Crippen molar-refractivity contribution in [1.29, 1.82) is 0 Å². The normalized spacial score (nSPS) is 12.2. The second kappa shape index (κ2) is 5.49. The Morgan fingerprint density at radius 1 is 1.53 bits per heavy atom. The highest BCUT2D eigenvalue weighted by Crippen LogP contribution is 2.20. The van der Waals surface area contributed by atoms with Gasteiger partial charge in [-0.05, 0) is 41.8 Å². The van der Waals surface area contributed by atoms with E-state index in [9.17, 15) is 9.18 Å². The molecule has 0 fully saturated rings. The van der Waals surface area contributed by atoms with E-state index in [4.69, 9.17) is 17.3 Å². The van der Waals surface area contributed by atoms with Crippen molar-refractivity contribution < 1.29 is 9.18 Å². The highest BCUT2D eigenvalue weighted by Gasteiger charge is 2.14. The van der Waals surface area contributed by atoms with Crippen molar-refractivity contribution in [1.82, 2.24) is 4.98 Å². The lowest BCUT2D eigenvalue weighted by atomic mass is 10.1. The summed E-state index contributed by atoms with van der Waals surface area (Å²) in [6, 6.07) is 3.66. The lowest BCUT2D eigenvalue weighted by Gasteiger charge is -2.04. The van der Waals surface area contributed by atoms with Gasteiger partial charge in [0, 0.05) is 17.1 Å². The molecular formula is C11H11Cl2FN2O. The van der Waals surface area contributed by atoms with Gasteiger partial charge >= 0.3 is 0 Å². The summed E-state index contributed by atoms with van der Waals surface area (Å²) in [5.41, 5.74) is 7.15. The van der Waals surface area contributed by atoms with Crippen LogP contribution < -0.4 is 5.73 Å². The van der Waals surface area contributed by atoms with E-state index in [0.29, 0.717) is 6.42 Å². The average molecular weight is 277 g/mol. The van der Waals surface area contributed by atoms with Gasteiger partial charge in [0.05, 0.1) is 6.04 Å². The van der Waals surface area contributed by atoms with Crippen LogP contribution in [0, 0.1) is 5.82 Å². The Balaban J connectivity index is 0.00000144. The summed E-state index contributed by atoms with van der Waals surface area (Å²) in [6.07, 6.45) is 2.01. The van der Waals surface area contributed by atoms with E-state index in [1.807, 2.05) is 0 Å². The number of aromatic amines is 1. The molecule has 1 unspecified atom stereocenters. The first-order valence-corrected chi connectivity index (χ1v) is 5.16. The minimum absolute atomic E-state index is 0. The number of rotatable bonds is 3. The summed E-state index contributed by atoms with van der Waals surface area (Å²) in [6.45, 7) is 0. The summed E-state index contributed by atoms with van der Waals surface area (Å²) >= 11 is 5.28. The van der Waals surface area contributed by atoms with Gasteiger partial charge in [-0.3, -0.25) is 4.79 Å². The van der Waals surface area contributed by atoms with E-state index in [-0.39, 0.29) is 18.2 Å². The number of carbonyl (C=O) groups is 1. The number of H-pyrrole nitrogens is 1. The van der Waals surface area contributed by atoms with Crippen molar-refractivity contribution in [2.75, 3.05) is 0 Å². The van der Waals surface area contributed by atoms with Crippen molar-refractivity contribution in [2.24, 2.45) is 5.73 Å².